The lowest BCUT2D eigenvalue weighted by Gasteiger charge is -2.02. The van der Waals surface area contributed by atoms with Gasteiger partial charge in [-0.2, -0.15) is 0 Å². The number of hydrogen-bond donors (Lipinski definition) is 3. The molecule has 2 rings (SSSR count). The lowest BCUT2D eigenvalue weighted by molar-refractivity contribution is 0.102. The average molecular weight is 268 g/mol. The summed E-state index contributed by atoms with van der Waals surface area (Å²) >= 11 is 5.53. The number of halogens is 1. The van der Waals surface area contributed by atoms with Gasteiger partial charge in [0.25, 0.3) is 11.5 Å². The Morgan fingerprint density at radius 2 is 2.06 bits per heavy atom. The van der Waals surface area contributed by atoms with Crippen LogP contribution in [0.5, 0.6) is 0 Å². The molecule has 2 aromatic rings. The predicted molar refractivity (Wildman–Crippen MR) is 62.7 cm³/mol. The summed E-state index contributed by atoms with van der Waals surface area (Å²) in [5.41, 5.74) is -1.73. The predicted octanol–water partition coefficient (Wildman–Crippen LogP) is -0.241. The number of aromatic amines is 2. The number of hydrogen-bond acceptors (Lipinski definition) is 5. The van der Waals surface area contributed by atoms with Crippen molar-refractivity contribution in [2.24, 2.45) is 0 Å². The van der Waals surface area contributed by atoms with Crippen LogP contribution in [0.3, 0.4) is 0 Å². The van der Waals surface area contributed by atoms with Crippen molar-refractivity contribution in [1.29, 1.82) is 0 Å². The number of rotatable bonds is 2. The first-order chi connectivity index (χ1) is 8.56. The smallest absolute Gasteiger partial charge is 0.313 e. The van der Waals surface area contributed by atoms with Crippen LogP contribution in [0.15, 0.2) is 27.9 Å². The zero-order valence-electron chi connectivity index (χ0n) is 8.73. The molecule has 8 nitrogen and oxygen atoms in total. The van der Waals surface area contributed by atoms with E-state index in [1.54, 1.807) is 0 Å². The van der Waals surface area contributed by atoms with Crippen LogP contribution in [0.1, 0.15) is 10.4 Å². The fraction of sp³-hybridized carbons (Fsp3) is 0. The Balaban J connectivity index is 2.24. The maximum Gasteiger partial charge on any atom is 0.325 e. The number of carbonyl (C=O) groups is 1. The van der Waals surface area contributed by atoms with E-state index < -0.39 is 17.2 Å². The molecule has 18 heavy (non-hydrogen) atoms. The van der Waals surface area contributed by atoms with E-state index in [-0.39, 0.29) is 16.5 Å². The molecule has 2 heterocycles. The molecule has 3 N–H and O–H groups in total. The second-order valence-corrected chi connectivity index (χ2v) is 3.57. The number of carbonyl (C=O) groups excluding carboxylic acids is 1. The van der Waals surface area contributed by atoms with Crippen molar-refractivity contribution in [3.63, 3.8) is 0 Å². The van der Waals surface area contributed by atoms with Gasteiger partial charge in [0.15, 0.2) is 11.0 Å². The third-order valence-electron chi connectivity index (χ3n) is 1.94. The zero-order chi connectivity index (χ0) is 13.1. The molecule has 1 amide bonds. The van der Waals surface area contributed by atoms with E-state index in [1.165, 1.54) is 12.1 Å². The quantitative estimate of drug-likeness (QED) is 0.693. The van der Waals surface area contributed by atoms with E-state index >= 15 is 0 Å². The molecule has 0 fully saturated rings. The van der Waals surface area contributed by atoms with Crippen molar-refractivity contribution in [1.82, 2.24) is 20.2 Å². The molecule has 0 aliphatic rings. The summed E-state index contributed by atoms with van der Waals surface area (Å²) in [5.74, 6) is -0.584. The van der Waals surface area contributed by atoms with Gasteiger partial charge in [0.1, 0.15) is 5.56 Å². The van der Waals surface area contributed by atoms with E-state index in [0.29, 0.717) is 0 Å². The highest BCUT2D eigenvalue weighted by molar-refractivity contribution is 6.29. The Kier molecular flexibility index (Phi) is 3.20. The Bertz CT molecular complexity index is 690. The van der Waals surface area contributed by atoms with Gasteiger partial charge in [0, 0.05) is 6.20 Å². The molecule has 0 aromatic carbocycles. The lowest BCUT2D eigenvalue weighted by atomic mass is 10.3. The van der Waals surface area contributed by atoms with Crippen LogP contribution in [0.4, 0.5) is 5.82 Å². The Labute approximate surface area is 104 Å². The lowest BCUT2D eigenvalue weighted by Crippen LogP contribution is -2.29. The largest absolute Gasteiger partial charge is 0.325 e. The molecular weight excluding hydrogens is 262 g/mol. The summed E-state index contributed by atoms with van der Waals surface area (Å²) in [6, 6.07) is 2.86. The van der Waals surface area contributed by atoms with Gasteiger partial charge in [-0.15, -0.1) is 10.2 Å². The normalized spacial score (nSPS) is 10.1. The number of nitrogens with one attached hydrogen (secondary N) is 3. The van der Waals surface area contributed by atoms with Crippen LogP contribution in [0.25, 0.3) is 0 Å². The highest BCUT2D eigenvalue weighted by Gasteiger charge is 2.11. The maximum absolute atomic E-state index is 11.7. The highest BCUT2D eigenvalue weighted by atomic mass is 35.5. The van der Waals surface area contributed by atoms with Crippen molar-refractivity contribution in [3.05, 3.63) is 49.9 Å². The number of amides is 1. The van der Waals surface area contributed by atoms with Crippen molar-refractivity contribution >= 4 is 23.3 Å². The Morgan fingerprint density at radius 1 is 1.28 bits per heavy atom. The molecular formula is C9H6ClN5O3. The summed E-state index contributed by atoms with van der Waals surface area (Å²) in [4.78, 5) is 37.9. The summed E-state index contributed by atoms with van der Waals surface area (Å²) in [5, 5.41) is 9.62. The van der Waals surface area contributed by atoms with Crippen molar-refractivity contribution < 1.29 is 4.79 Å². The minimum absolute atomic E-state index is 0.134. The molecule has 92 valence electrons. The van der Waals surface area contributed by atoms with Crippen LogP contribution in [-0.4, -0.2) is 26.1 Å². The molecule has 0 saturated heterocycles. The minimum Gasteiger partial charge on any atom is -0.313 e. The molecule has 0 bridgehead atoms. The summed E-state index contributed by atoms with van der Waals surface area (Å²) in [7, 11) is 0. The molecule has 0 saturated carbocycles. The molecule has 9 heteroatoms. The summed E-state index contributed by atoms with van der Waals surface area (Å²) in [6.45, 7) is 0. The van der Waals surface area contributed by atoms with Crippen LogP contribution >= 0.6 is 11.6 Å². The second-order valence-electron chi connectivity index (χ2n) is 3.18. The molecule has 0 aliphatic carbocycles. The topological polar surface area (TPSA) is 121 Å². The standard InChI is InChI=1S/C9H6ClN5O3/c10-5-1-2-6(15-14-5)12-7(16)4-3-11-9(18)13-8(4)17/h1-3H,(H,12,15,16)(H2,11,13,17,18). The molecule has 0 unspecified atom stereocenters. The Morgan fingerprint density at radius 3 is 2.67 bits per heavy atom. The minimum atomic E-state index is -0.793. The summed E-state index contributed by atoms with van der Waals surface area (Å²) in [6.07, 6.45) is 1.01. The third-order valence-corrected chi connectivity index (χ3v) is 2.14. The van der Waals surface area contributed by atoms with E-state index in [2.05, 4.69) is 20.5 Å². The van der Waals surface area contributed by atoms with Gasteiger partial charge in [-0.05, 0) is 12.1 Å². The molecule has 0 radical (unpaired) electrons. The van der Waals surface area contributed by atoms with Gasteiger partial charge in [-0.3, -0.25) is 14.6 Å². The van der Waals surface area contributed by atoms with Gasteiger partial charge < -0.3 is 10.3 Å². The molecule has 0 aliphatic heterocycles. The van der Waals surface area contributed by atoms with E-state index in [0.717, 1.165) is 6.20 Å². The van der Waals surface area contributed by atoms with Crippen LogP contribution in [0, 0.1) is 0 Å². The number of H-pyrrole nitrogens is 2. The first-order valence-electron chi connectivity index (χ1n) is 4.69. The highest BCUT2D eigenvalue weighted by Crippen LogP contribution is 2.06. The molecule has 0 spiro atoms. The van der Waals surface area contributed by atoms with Crippen molar-refractivity contribution in [3.8, 4) is 0 Å². The number of aromatic nitrogens is 4. The van der Waals surface area contributed by atoms with Crippen LogP contribution < -0.4 is 16.6 Å². The number of anilines is 1. The van der Waals surface area contributed by atoms with Gasteiger partial charge in [-0.1, -0.05) is 11.6 Å². The van der Waals surface area contributed by atoms with Gasteiger partial charge >= 0.3 is 5.69 Å². The maximum atomic E-state index is 11.7. The van der Waals surface area contributed by atoms with Crippen molar-refractivity contribution in [2.75, 3.05) is 5.32 Å². The van der Waals surface area contributed by atoms with Gasteiger partial charge in [-0.25, -0.2) is 4.79 Å². The molecule has 0 atom stereocenters. The number of nitrogens with zero attached hydrogens (tertiary/aromatic N) is 2. The van der Waals surface area contributed by atoms with E-state index in [1.807, 2.05) is 4.98 Å². The van der Waals surface area contributed by atoms with Crippen LogP contribution in [0.2, 0.25) is 5.15 Å². The first-order valence-corrected chi connectivity index (χ1v) is 5.06. The Hall–Kier alpha value is -2.48. The fourth-order valence-electron chi connectivity index (χ4n) is 1.14. The fourth-order valence-corrected chi connectivity index (χ4v) is 1.25. The molecule has 2 aromatic heterocycles. The van der Waals surface area contributed by atoms with Crippen LogP contribution in [-0.2, 0) is 0 Å². The average Bonchev–Trinajstić information content (AvgIpc) is 2.32. The van der Waals surface area contributed by atoms with Gasteiger partial charge in [0.05, 0.1) is 0 Å². The monoisotopic (exact) mass is 267 g/mol. The van der Waals surface area contributed by atoms with E-state index in [4.69, 9.17) is 11.6 Å². The van der Waals surface area contributed by atoms with Crippen molar-refractivity contribution in [2.45, 2.75) is 0 Å². The van der Waals surface area contributed by atoms with Gasteiger partial charge in [0.2, 0.25) is 0 Å². The van der Waals surface area contributed by atoms with E-state index in [9.17, 15) is 14.4 Å². The first kappa shape index (κ1) is 12.0. The zero-order valence-corrected chi connectivity index (χ0v) is 9.49. The second kappa shape index (κ2) is 4.80. The summed E-state index contributed by atoms with van der Waals surface area (Å²) < 4.78 is 0. The third kappa shape index (κ3) is 2.61. The SMILES string of the molecule is O=C(Nc1ccc(Cl)nn1)c1c[nH]c(=O)[nH]c1=O.